The Morgan fingerprint density at radius 1 is 1.25 bits per heavy atom. The monoisotopic (exact) mass is 387 g/mol. The van der Waals surface area contributed by atoms with Crippen LogP contribution in [0.25, 0.3) is 0 Å². The number of aliphatic imine (C=N–C) groups is 1. The Kier molecular flexibility index (Phi) is 9.28. The second kappa shape index (κ2) is 11.7. The summed E-state index contributed by atoms with van der Waals surface area (Å²) in [5, 5.41) is 6.86. The molecule has 0 spiro atoms. The number of rotatable bonds is 9. The third-order valence-electron chi connectivity index (χ3n) is 5.02. The number of likely N-dealkylation sites (tertiary alicyclic amines) is 1. The van der Waals surface area contributed by atoms with E-state index in [1.165, 1.54) is 24.9 Å². The van der Waals surface area contributed by atoms with Crippen LogP contribution in [0.3, 0.4) is 0 Å². The van der Waals surface area contributed by atoms with E-state index in [-0.39, 0.29) is 12.5 Å². The summed E-state index contributed by atoms with van der Waals surface area (Å²) in [6.45, 7) is 8.67. The standard InChI is InChI=1S/C22H37N5O/c1-18(2)17-27-14-8-11-20(27)15-24-22(25-16-21(28)26(3)4)23-13-12-19-9-6-5-7-10-19/h5-7,9-10,18,20H,8,11-17H2,1-4H3,(H2,23,24,25)/t20-/m1/s1. The molecule has 28 heavy (non-hydrogen) atoms. The van der Waals surface area contributed by atoms with Gasteiger partial charge in [-0.25, -0.2) is 4.99 Å². The van der Waals surface area contributed by atoms with Gasteiger partial charge in [-0.2, -0.15) is 0 Å². The number of hydrogen-bond donors (Lipinski definition) is 2. The Morgan fingerprint density at radius 2 is 2.00 bits per heavy atom. The normalized spacial score (nSPS) is 17.8. The van der Waals surface area contributed by atoms with Gasteiger partial charge in [0.25, 0.3) is 0 Å². The summed E-state index contributed by atoms with van der Waals surface area (Å²) in [5.74, 6) is 1.41. The highest BCUT2D eigenvalue weighted by Crippen LogP contribution is 2.17. The van der Waals surface area contributed by atoms with Gasteiger partial charge in [0.2, 0.25) is 5.91 Å². The summed E-state index contributed by atoms with van der Waals surface area (Å²) in [6, 6.07) is 10.9. The molecule has 1 aromatic rings. The van der Waals surface area contributed by atoms with Crippen LogP contribution in [0.1, 0.15) is 32.3 Å². The number of carbonyl (C=O) groups excluding carboxylic acids is 1. The second-order valence-electron chi connectivity index (χ2n) is 8.18. The molecule has 2 rings (SSSR count). The molecule has 1 saturated heterocycles. The fourth-order valence-corrected chi connectivity index (χ4v) is 3.48. The summed E-state index contributed by atoms with van der Waals surface area (Å²) in [5.41, 5.74) is 1.29. The van der Waals surface area contributed by atoms with Gasteiger partial charge in [-0.1, -0.05) is 44.2 Å². The van der Waals surface area contributed by atoms with E-state index in [0.717, 1.165) is 32.0 Å². The minimum Gasteiger partial charge on any atom is -0.356 e. The second-order valence-corrected chi connectivity index (χ2v) is 8.18. The lowest BCUT2D eigenvalue weighted by atomic mass is 10.1. The molecule has 156 valence electrons. The summed E-state index contributed by atoms with van der Waals surface area (Å²) in [4.78, 5) is 20.6. The number of nitrogens with one attached hydrogen (secondary N) is 2. The minimum absolute atomic E-state index is 0.00598. The number of likely N-dealkylation sites (N-methyl/N-ethyl adjacent to an activating group) is 1. The average Bonchev–Trinajstić information content (AvgIpc) is 3.10. The first kappa shape index (κ1) is 22.2. The smallest absolute Gasteiger partial charge is 0.243 e. The molecular formula is C22H37N5O. The molecule has 2 N–H and O–H groups in total. The highest BCUT2D eigenvalue weighted by Gasteiger charge is 2.24. The maximum Gasteiger partial charge on any atom is 0.243 e. The fraction of sp³-hybridized carbons (Fsp3) is 0.636. The van der Waals surface area contributed by atoms with Crippen LogP contribution in [-0.4, -0.2) is 74.5 Å². The molecule has 1 atom stereocenters. The Bertz CT molecular complexity index is 615. The lowest BCUT2D eigenvalue weighted by Gasteiger charge is -2.27. The number of amides is 1. The maximum absolute atomic E-state index is 11.9. The molecule has 6 heteroatoms. The topological polar surface area (TPSA) is 60.0 Å². The van der Waals surface area contributed by atoms with Gasteiger partial charge in [-0.3, -0.25) is 9.69 Å². The van der Waals surface area contributed by atoms with Crippen molar-refractivity contribution in [1.82, 2.24) is 20.4 Å². The van der Waals surface area contributed by atoms with Crippen molar-refractivity contribution in [1.29, 1.82) is 0 Å². The number of nitrogens with zero attached hydrogens (tertiary/aromatic N) is 3. The van der Waals surface area contributed by atoms with E-state index in [0.29, 0.717) is 12.0 Å². The summed E-state index contributed by atoms with van der Waals surface area (Å²) >= 11 is 0. The highest BCUT2D eigenvalue weighted by atomic mass is 16.2. The zero-order chi connectivity index (χ0) is 20.4. The molecule has 1 heterocycles. The van der Waals surface area contributed by atoms with E-state index in [1.54, 1.807) is 19.0 Å². The molecule has 0 saturated carbocycles. The van der Waals surface area contributed by atoms with Gasteiger partial charge in [0, 0.05) is 39.8 Å². The van der Waals surface area contributed by atoms with E-state index in [4.69, 9.17) is 0 Å². The Morgan fingerprint density at radius 3 is 2.68 bits per heavy atom. The first-order valence-corrected chi connectivity index (χ1v) is 10.5. The number of benzene rings is 1. The third kappa shape index (κ3) is 7.89. The van der Waals surface area contributed by atoms with Gasteiger partial charge in [0.15, 0.2) is 5.96 Å². The van der Waals surface area contributed by atoms with Gasteiger partial charge in [-0.15, -0.1) is 0 Å². The van der Waals surface area contributed by atoms with Crippen molar-refractivity contribution in [2.45, 2.75) is 39.2 Å². The van der Waals surface area contributed by atoms with Gasteiger partial charge in [0.05, 0.1) is 0 Å². The van der Waals surface area contributed by atoms with Crippen molar-refractivity contribution in [2.75, 3.05) is 46.8 Å². The molecule has 1 aromatic carbocycles. The maximum atomic E-state index is 11.9. The van der Waals surface area contributed by atoms with Gasteiger partial charge >= 0.3 is 0 Å². The van der Waals surface area contributed by atoms with Crippen molar-refractivity contribution in [2.24, 2.45) is 10.9 Å². The number of guanidine groups is 1. The van der Waals surface area contributed by atoms with Gasteiger partial charge in [0.1, 0.15) is 6.54 Å². The van der Waals surface area contributed by atoms with Crippen LogP contribution in [0.5, 0.6) is 0 Å². The highest BCUT2D eigenvalue weighted by molar-refractivity contribution is 5.84. The Balaban J connectivity index is 1.89. The van der Waals surface area contributed by atoms with Crippen LogP contribution >= 0.6 is 0 Å². The molecule has 1 aliphatic rings. The molecule has 0 aliphatic carbocycles. The summed E-state index contributed by atoms with van der Waals surface area (Å²) in [7, 11) is 3.52. The van der Waals surface area contributed by atoms with Crippen LogP contribution < -0.4 is 10.6 Å². The zero-order valence-corrected chi connectivity index (χ0v) is 17.9. The van der Waals surface area contributed by atoms with Crippen molar-refractivity contribution in [3.05, 3.63) is 35.9 Å². The number of hydrogen-bond acceptors (Lipinski definition) is 3. The summed E-state index contributed by atoms with van der Waals surface area (Å²) < 4.78 is 0. The Hall–Kier alpha value is -2.08. The van der Waals surface area contributed by atoms with Crippen molar-refractivity contribution < 1.29 is 4.79 Å². The van der Waals surface area contributed by atoms with Crippen LogP contribution in [0.2, 0.25) is 0 Å². The van der Waals surface area contributed by atoms with E-state index in [9.17, 15) is 4.79 Å². The molecule has 6 nitrogen and oxygen atoms in total. The summed E-state index contributed by atoms with van der Waals surface area (Å²) in [6.07, 6.45) is 3.39. The predicted molar refractivity (Wildman–Crippen MR) is 117 cm³/mol. The van der Waals surface area contributed by atoms with Gasteiger partial charge in [-0.05, 0) is 37.3 Å². The zero-order valence-electron chi connectivity index (χ0n) is 17.9. The van der Waals surface area contributed by atoms with E-state index in [1.807, 2.05) is 6.07 Å². The molecule has 0 bridgehead atoms. The third-order valence-corrected chi connectivity index (χ3v) is 5.02. The van der Waals surface area contributed by atoms with Crippen molar-refractivity contribution in [3.63, 3.8) is 0 Å². The van der Waals surface area contributed by atoms with Crippen molar-refractivity contribution in [3.8, 4) is 0 Å². The van der Waals surface area contributed by atoms with E-state index >= 15 is 0 Å². The SMILES string of the molecule is CC(C)CN1CCC[C@@H]1CNC(=NCC(=O)N(C)C)NCCc1ccccc1. The van der Waals surface area contributed by atoms with Crippen LogP contribution in [0.15, 0.2) is 35.3 Å². The van der Waals surface area contributed by atoms with Crippen molar-refractivity contribution >= 4 is 11.9 Å². The van der Waals surface area contributed by atoms with Crippen LogP contribution in [0.4, 0.5) is 0 Å². The molecule has 0 radical (unpaired) electrons. The van der Waals surface area contributed by atoms with Crippen LogP contribution in [-0.2, 0) is 11.2 Å². The first-order chi connectivity index (χ1) is 13.5. The molecule has 1 aliphatic heterocycles. The lowest BCUT2D eigenvalue weighted by molar-refractivity contribution is -0.127. The largest absolute Gasteiger partial charge is 0.356 e. The lowest BCUT2D eigenvalue weighted by Crippen LogP contribution is -2.46. The van der Waals surface area contributed by atoms with Gasteiger partial charge < -0.3 is 15.5 Å². The number of carbonyl (C=O) groups is 1. The predicted octanol–water partition coefficient (Wildman–Crippen LogP) is 1.97. The molecule has 0 aromatic heterocycles. The molecule has 1 fully saturated rings. The minimum atomic E-state index is 0.00598. The van der Waals surface area contributed by atoms with E-state index < -0.39 is 0 Å². The molecule has 0 unspecified atom stereocenters. The quantitative estimate of drug-likeness (QED) is 0.502. The molecule has 1 amide bonds. The average molecular weight is 388 g/mol. The fourth-order valence-electron chi connectivity index (χ4n) is 3.48. The Labute approximate surface area is 170 Å². The van der Waals surface area contributed by atoms with E-state index in [2.05, 4.69) is 58.6 Å². The molecular weight excluding hydrogens is 350 g/mol. The van der Waals surface area contributed by atoms with Crippen LogP contribution in [0, 0.1) is 5.92 Å². The first-order valence-electron chi connectivity index (χ1n) is 10.5.